The van der Waals surface area contributed by atoms with Crippen LogP contribution in [-0.2, 0) is 4.74 Å². The highest BCUT2D eigenvalue weighted by Crippen LogP contribution is 2.17. The Morgan fingerprint density at radius 2 is 2.31 bits per heavy atom. The van der Waals surface area contributed by atoms with E-state index in [9.17, 15) is 5.11 Å². The average molecular weight is 185 g/mol. The van der Waals surface area contributed by atoms with Crippen LogP contribution in [0.5, 0.6) is 0 Å². The van der Waals surface area contributed by atoms with E-state index in [0.717, 1.165) is 39.1 Å². The fraction of sp³-hybridized carbons (Fsp3) is 1.00. The minimum Gasteiger partial charge on any atom is -0.392 e. The molecule has 0 aromatic rings. The predicted octanol–water partition coefficient (Wildman–Crippen LogP) is 0.622. The monoisotopic (exact) mass is 185 g/mol. The Morgan fingerprint density at radius 3 is 2.92 bits per heavy atom. The highest BCUT2D eigenvalue weighted by atomic mass is 16.5. The van der Waals surface area contributed by atoms with Crippen LogP contribution >= 0.6 is 0 Å². The third kappa shape index (κ3) is 2.66. The van der Waals surface area contributed by atoms with Crippen LogP contribution in [0.3, 0.4) is 0 Å². The normalized spacial score (nSPS) is 35.8. The van der Waals surface area contributed by atoms with Gasteiger partial charge < -0.3 is 14.7 Å². The number of rotatable bonds is 3. The number of aliphatic hydroxyl groups excluding tert-OH is 1. The zero-order valence-corrected chi connectivity index (χ0v) is 8.11. The third-order valence-electron chi connectivity index (χ3n) is 3.04. The van der Waals surface area contributed by atoms with E-state index in [1.807, 2.05) is 0 Å². The van der Waals surface area contributed by atoms with Gasteiger partial charge in [-0.15, -0.1) is 0 Å². The number of β-amino-alcohol motifs (C(OH)–C–C–N with tert-alkyl or cyclic N) is 1. The lowest BCUT2D eigenvalue weighted by atomic mass is 10.2. The quantitative estimate of drug-likeness (QED) is 0.699. The van der Waals surface area contributed by atoms with Gasteiger partial charge in [-0.2, -0.15) is 0 Å². The molecule has 1 unspecified atom stereocenters. The van der Waals surface area contributed by atoms with Crippen molar-refractivity contribution < 1.29 is 9.84 Å². The molecular weight excluding hydrogens is 166 g/mol. The second-order valence-electron chi connectivity index (χ2n) is 4.17. The average Bonchev–Trinajstić information content (AvgIpc) is 2.71. The molecule has 0 aromatic heterocycles. The van der Waals surface area contributed by atoms with Gasteiger partial charge in [0, 0.05) is 26.2 Å². The van der Waals surface area contributed by atoms with E-state index in [1.165, 1.54) is 12.8 Å². The molecule has 2 saturated heterocycles. The maximum Gasteiger partial charge on any atom is 0.0679 e. The van der Waals surface area contributed by atoms with E-state index in [2.05, 4.69) is 4.90 Å². The van der Waals surface area contributed by atoms with E-state index in [4.69, 9.17) is 4.74 Å². The molecule has 1 N–H and O–H groups in total. The zero-order valence-electron chi connectivity index (χ0n) is 8.11. The molecule has 2 heterocycles. The van der Waals surface area contributed by atoms with E-state index >= 15 is 0 Å². The van der Waals surface area contributed by atoms with Crippen LogP contribution in [0.25, 0.3) is 0 Å². The Hall–Kier alpha value is -0.120. The van der Waals surface area contributed by atoms with Gasteiger partial charge in [0.25, 0.3) is 0 Å². The number of hydrogen-bond donors (Lipinski definition) is 1. The van der Waals surface area contributed by atoms with Crippen molar-refractivity contribution in [3.8, 4) is 0 Å². The molecule has 0 amide bonds. The van der Waals surface area contributed by atoms with Crippen molar-refractivity contribution in [1.29, 1.82) is 0 Å². The molecule has 0 radical (unpaired) electrons. The first-order chi connectivity index (χ1) is 6.34. The maximum atomic E-state index is 9.32. The molecule has 0 aliphatic carbocycles. The lowest BCUT2D eigenvalue weighted by Crippen LogP contribution is -2.26. The highest BCUT2D eigenvalue weighted by Gasteiger charge is 2.22. The molecule has 2 atom stereocenters. The van der Waals surface area contributed by atoms with Crippen LogP contribution in [0, 0.1) is 0 Å². The number of aliphatic hydroxyl groups is 1. The fourth-order valence-corrected chi connectivity index (χ4v) is 2.21. The first-order valence-electron chi connectivity index (χ1n) is 5.36. The van der Waals surface area contributed by atoms with Crippen molar-refractivity contribution in [2.75, 3.05) is 26.2 Å². The molecule has 3 heteroatoms. The molecule has 2 fully saturated rings. The Bertz CT molecular complexity index is 157. The topological polar surface area (TPSA) is 32.7 Å². The lowest BCUT2D eigenvalue weighted by molar-refractivity contribution is 0.0924. The summed E-state index contributed by atoms with van der Waals surface area (Å²) < 4.78 is 5.55. The van der Waals surface area contributed by atoms with Gasteiger partial charge in [0.2, 0.25) is 0 Å². The molecule has 76 valence electrons. The molecule has 3 nitrogen and oxygen atoms in total. The van der Waals surface area contributed by atoms with E-state index in [0.29, 0.717) is 6.10 Å². The van der Waals surface area contributed by atoms with Crippen LogP contribution in [0.2, 0.25) is 0 Å². The molecular formula is C10H19NO2. The molecule has 2 aliphatic heterocycles. The van der Waals surface area contributed by atoms with Crippen molar-refractivity contribution in [1.82, 2.24) is 4.90 Å². The summed E-state index contributed by atoms with van der Waals surface area (Å²) >= 11 is 0. The molecule has 0 aromatic carbocycles. The summed E-state index contributed by atoms with van der Waals surface area (Å²) in [7, 11) is 0. The Morgan fingerprint density at radius 1 is 1.38 bits per heavy atom. The summed E-state index contributed by atoms with van der Waals surface area (Å²) in [4.78, 5) is 2.34. The van der Waals surface area contributed by atoms with E-state index in [1.54, 1.807) is 0 Å². The van der Waals surface area contributed by atoms with Gasteiger partial charge in [0.05, 0.1) is 12.2 Å². The van der Waals surface area contributed by atoms with Crippen molar-refractivity contribution in [3.63, 3.8) is 0 Å². The van der Waals surface area contributed by atoms with Gasteiger partial charge >= 0.3 is 0 Å². The Balaban J connectivity index is 1.62. The SMILES string of the molecule is O[C@H]1CCN(CCC2CCCO2)C1. The molecule has 2 rings (SSSR count). The third-order valence-corrected chi connectivity index (χ3v) is 3.04. The Labute approximate surface area is 79.7 Å². The predicted molar refractivity (Wildman–Crippen MR) is 50.7 cm³/mol. The van der Waals surface area contributed by atoms with Gasteiger partial charge in [0.1, 0.15) is 0 Å². The van der Waals surface area contributed by atoms with E-state index in [-0.39, 0.29) is 6.10 Å². The summed E-state index contributed by atoms with van der Waals surface area (Å²) in [5.41, 5.74) is 0. The van der Waals surface area contributed by atoms with Crippen LogP contribution < -0.4 is 0 Å². The van der Waals surface area contributed by atoms with Gasteiger partial charge in [0.15, 0.2) is 0 Å². The lowest BCUT2D eigenvalue weighted by Gasteiger charge is -2.17. The van der Waals surface area contributed by atoms with Crippen LogP contribution in [0.1, 0.15) is 25.7 Å². The van der Waals surface area contributed by atoms with Gasteiger partial charge in [-0.05, 0) is 25.7 Å². The van der Waals surface area contributed by atoms with Crippen LogP contribution in [-0.4, -0.2) is 48.5 Å². The highest BCUT2D eigenvalue weighted by molar-refractivity contribution is 4.76. The smallest absolute Gasteiger partial charge is 0.0679 e. The van der Waals surface area contributed by atoms with E-state index < -0.39 is 0 Å². The second kappa shape index (κ2) is 4.40. The standard InChI is InChI=1S/C10H19NO2/c12-9-3-5-11(8-9)6-4-10-2-1-7-13-10/h9-10,12H,1-8H2/t9-,10?/m0/s1. The number of hydrogen-bond acceptors (Lipinski definition) is 3. The van der Waals surface area contributed by atoms with Crippen molar-refractivity contribution in [3.05, 3.63) is 0 Å². The number of nitrogens with zero attached hydrogens (tertiary/aromatic N) is 1. The van der Waals surface area contributed by atoms with Crippen molar-refractivity contribution >= 4 is 0 Å². The summed E-state index contributed by atoms with van der Waals surface area (Å²) in [6, 6.07) is 0. The summed E-state index contributed by atoms with van der Waals surface area (Å²) in [6.45, 7) is 3.98. The number of likely N-dealkylation sites (tertiary alicyclic amines) is 1. The molecule has 0 spiro atoms. The van der Waals surface area contributed by atoms with Crippen LogP contribution in [0.15, 0.2) is 0 Å². The molecule has 0 bridgehead atoms. The van der Waals surface area contributed by atoms with Gasteiger partial charge in [-0.25, -0.2) is 0 Å². The molecule has 13 heavy (non-hydrogen) atoms. The Kier molecular flexibility index (Phi) is 3.19. The van der Waals surface area contributed by atoms with Crippen molar-refractivity contribution in [2.24, 2.45) is 0 Å². The molecule has 0 saturated carbocycles. The maximum absolute atomic E-state index is 9.32. The number of ether oxygens (including phenoxy) is 1. The summed E-state index contributed by atoms with van der Waals surface area (Å²) in [6.07, 6.45) is 4.98. The largest absolute Gasteiger partial charge is 0.392 e. The fourth-order valence-electron chi connectivity index (χ4n) is 2.21. The first kappa shape index (κ1) is 9.44. The first-order valence-corrected chi connectivity index (χ1v) is 5.36. The minimum absolute atomic E-state index is 0.0792. The van der Waals surface area contributed by atoms with Crippen molar-refractivity contribution in [2.45, 2.75) is 37.9 Å². The minimum atomic E-state index is -0.0792. The molecule has 2 aliphatic rings. The van der Waals surface area contributed by atoms with Gasteiger partial charge in [-0.1, -0.05) is 0 Å². The summed E-state index contributed by atoms with van der Waals surface area (Å²) in [5.74, 6) is 0. The summed E-state index contributed by atoms with van der Waals surface area (Å²) in [5, 5.41) is 9.32. The van der Waals surface area contributed by atoms with Crippen LogP contribution in [0.4, 0.5) is 0 Å². The van der Waals surface area contributed by atoms with Gasteiger partial charge in [-0.3, -0.25) is 0 Å². The second-order valence-corrected chi connectivity index (χ2v) is 4.17. The zero-order chi connectivity index (χ0) is 9.10.